The molecule has 0 spiro atoms. The van der Waals surface area contributed by atoms with Gasteiger partial charge in [0.05, 0.1) is 19.8 Å². The van der Waals surface area contributed by atoms with Crippen molar-refractivity contribution in [3.63, 3.8) is 0 Å². The molecule has 0 saturated carbocycles. The van der Waals surface area contributed by atoms with Crippen LogP contribution in [0.25, 0.3) is 0 Å². The van der Waals surface area contributed by atoms with Gasteiger partial charge in [-0.25, -0.2) is 0 Å². The highest BCUT2D eigenvalue weighted by molar-refractivity contribution is 9.12. The van der Waals surface area contributed by atoms with Gasteiger partial charge < -0.3 is 23.8 Å². The molecule has 0 aliphatic carbocycles. The quantitative estimate of drug-likeness (QED) is 0.393. The SMILES string of the molecule is CCC(Br)C(Br)CCOP1OCC(CCO)(CCO)CO1. The van der Waals surface area contributed by atoms with E-state index in [1.165, 1.54) is 0 Å². The third-order valence-corrected chi connectivity index (χ3v) is 7.77. The molecule has 1 fully saturated rings. The van der Waals surface area contributed by atoms with E-state index in [-0.39, 0.29) is 18.6 Å². The van der Waals surface area contributed by atoms with Gasteiger partial charge in [-0.1, -0.05) is 38.8 Å². The van der Waals surface area contributed by atoms with E-state index in [1.54, 1.807) is 0 Å². The van der Waals surface area contributed by atoms with E-state index >= 15 is 0 Å². The summed E-state index contributed by atoms with van der Waals surface area (Å²) in [6.07, 6.45) is 3.08. The van der Waals surface area contributed by atoms with E-state index < -0.39 is 8.60 Å². The summed E-state index contributed by atoms with van der Waals surface area (Å²) in [5.41, 5.74) is -0.285. The number of alkyl halides is 2. The van der Waals surface area contributed by atoms with Crippen molar-refractivity contribution in [1.82, 2.24) is 0 Å². The summed E-state index contributed by atoms with van der Waals surface area (Å²) in [5, 5.41) is 18.3. The normalized spacial score (nSPS) is 22.1. The Kier molecular flexibility index (Phi) is 10.5. The van der Waals surface area contributed by atoms with E-state index in [9.17, 15) is 0 Å². The predicted molar refractivity (Wildman–Crippen MR) is 91.0 cm³/mol. The van der Waals surface area contributed by atoms with E-state index in [0.29, 0.717) is 42.3 Å². The molecule has 1 aliphatic rings. The molecule has 1 aliphatic heterocycles. The van der Waals surface area contributed by atoms with Crippen molar-refractivity contribution in [2.45, 2.75) is 42.3 Å². The van der Waals surface area contributed by atoms with Crippen molar-refractivity contribution in [1.29, 1.82) is 0 Å². The zero-order valence-corrected chi connectivity index (χ0v) is 16.4. The second-order valence-corrected chi connectivity index (χ2v) is 8.85. The summed E-state index contributed by atoms with van der Waals surface area (Å²) >= 11 is 7.24. The molecular weight excluding hydrogens is 427 g/mol. The first kappa shape index (κ1) is 20.2. The van der Waals surface area contributed by atoms with Crippen LogP contribution in [0.2, 0.25) is 0 Å². The number of hydrogen-bond donors (Lipinski definition) is 2. The van der Waals surface area contributed by atoms with Crippen molar-refractivity contribution in [3.8, 4) is 0 Å². The first-order chi connectivity index (χ1) is 10.1. The monoisotopic (exact) mass is 450 g/mol. The van der Waals surface area contributed by atoms with Crippen LogP contribution < -0.4 is 0 Å². The van der Waals surface area contributed by atoms with Gasteiger partial charge in [-0.3, -0.25) is 0 Å². The van der Waals surface area contributed by atoms with Crippen molar-refractivity contribution in [2.24, 2.45) is 5.41 Å². The fourth-order valence-corrected chi connectivity index (χ4v) is 4.16. The minimum absolute atomic E-state index is 0.0699. The predicted octanol–water partition coefficient (Wildman–Crippen LogP) is 3.36. The van der Waals surface area contributed by atoms with Crippen molar-refractivity contribution >= 4 is 40.5 Å². The lowest BCUT2D eigenvalue weighted by Gasteiger charge is -2.38. The number of aliphatic hydroxyl groups excluding tert-OH is 2. The van der Waals surface area contributed by atoms with Crippen LogP contribution in [0.15, 0.2) is 0 Å². The highest BCUT2D eigenvalue weighted by Gasteiger charge is 2.37. The molecule has 0 amide bonds. The molecule has 0 aromatic carbocycles. The number of rotatable bonds is 10. The average molecular weight is 452 g/mol. The van der Waals surface area contributed by atoms with Crippen molar-refractivity contribution in [2.75, 3.05) is 33.0 Å². The largest absolute Gasteiger partial charge is 0.396 e. The molecule has 0 radical (unpaired) electrons. The Morgan fingerprint density at radius 3 is 2.19 bits per heavy atom. The maximum Gasteiger partial charge on any atom is 0.332 e. The van der Waals surface area contributed by atoms with Gasteiger partial charge in [-0.2, -0.15) is 0 Å². The summed E-state index contributed by atoms with van der Waals surface area (Å²) in [7, 11) is -1.31. The second kappa shape index (κ2) is 10.9. The number of aliphatic hydroxyl groups is 2. The highest BCUT2D eigenvalue weighted by Crippen LogP contribution is 2.49. The molecular formula is C13H25Br2O5P. The van der Waals surface area contributed by atoms with Crippen LogP contribution in [0.4, 0.5) is 0 Å². The maximum absolute atomic E-state index is 9.13. The van der Waals surface area contributed by atoms with Gasteiger partial charge in [0.25, 0.3) is 0 Å². The van der Waals surface area contributed by atoms with Crippen LogP contribution in [0.3, 0.4) is 0 Å². The van der Waals surface area contributed by atoms with Gasteiger partial charge in [0, 0.05) is 28.3 Å². The van der Waals surface area contributed by atoms with Crippen LogP contribution in [0.5, 0.6) is 0 Å². The average Bonchev–Trinajstić information content (AvgIpc) is 2.49. The Morgan fingerprint density at radius 2 is 1.71 bits per heavy atom. The Labute approximate surface area is 145 Å². The molecule has 2 atom stereocenters. The molecule has 2 N–H and O–H groups in total. The van der Waals surface area contributed by atoms with Gasteiger partial charge in [-0.05, 0) is 25.7 Å². The lowest BCUT2D eigenvalue weighted by Crippen LogP contribution is -2.37. The highest BCUT2D eigenvalue weighted by atomic mass is 79.9. The molecule has 1 saturated heterocycles. The summed E-state index contributed by atoms with van der Waals surface area (Å²) in [6, 6.07) is 0. The fourth-order valence-electron chi connectivity index (χ4n) is 2.10. The lowest BCUT2D eigenvalue weighted by molar-refractivity contribution is -0.0217. The molecule has 0 aromatic rings. The molecule has 1 heterocycles. The van der Waals surface area contributed by atoms with Crippen LogP contribution in [0, 0.1) is 5.41 Å². The van der Waals surface area contributed by atoms with Crippen LogP contribution in [-0.4, -0.2) is 52.9 Å². The number of hydrogen-bond acceptors (Lipinski definition) is 5. The van der Waals surface area contributed by atoms with Crippen LogP contribution in [-0.2, 0) is 13.6 Å². The van der Waals surface area contributed by atoms with E-state index in [4.69, 9.17) is 23.8 Å². The molecule has 2 unspecified atom stereocenters. The zero-order chi connectivity index (χ0) is 15.7. The molecule has 5 nitrogen and oxygen atoms in total. The van der Waals surface area contributed by atoms with Gasteiger partial charge in [0.1, 0.15) is 0 Å². The van der Waals surface area contributed by atoms with Crippen LogP contribution >= 0.6 is 40.5 Å². The first-order valence-electron chi connectivity index (χ1n) is 7.25. The Bertz CT molecular complexity index is 269. The lowest BCUT2D eigenvalue weighted by atomic mass is 9.83. The Hall–Kier alpha value is 1.19. The smallest absolute Gasteiger partial charge is 0.332 e. The topological polar surface area (TPSA) is 68.2 Å². The second-order valence-electron chi connectivity index (χ2n) is 5.28. The van der Waals surface area contributed by atoms with Gasteiger partial charge in [0.2, 0.25) is 0 Å². The summed E-state index contributed by atoms with van der Waals surface area (Å²) in [5.74, 6) is 0. The zero-order valence-electron chi connectivity index (χ0n) is 12.3. The molecule has 21 heavy (non-hydrogen) atoms. The maximum atomic E-state index is 9.13. The Morgan fingerprint density at radius 1 is 1.14 bits per heavy atom. The molecule has 1 rings (SSSR count). The standard InChI is InChI=1S/C13H25Br2O5P/c1-2-11(14)12(15)3-8-18-21-19-9-13(4-6-16,5-7-17)10-20-21/h11-12,16-17H,2-10H2,1H3. The minimum atomic E-state index is -1.31. The van der Waals surface area contributed by atoms with Crippen molar-refractivity contribution < 1.29 is 23.8 Å². The third-order valence-electron chi connectivity index (χ3n) is 3.61. The van der Waals surface area contributed by atoms with Gasteiger partial charge >= 0.3 is 8.60 Å². The van der Waals surface area contributed by atoms with Crippen molar-refractivity contribution in [3.05, 3.63) is 0 Å². The summed E-state index contributed by atoms with van der Waals surface area (Å²) in [6.45, 7) is 3.78. The molecule has 8 heteroatoms. The van der Waals surface area contributed by atoms with Gasteiger partial charge in [0.15, 0.2) is 0 Å². The summed E-state index contributed by atoms with van der Waals surface area (Å²) < 4.78 is 16.9. The Balaban J connectivity index is 2.26. The van der Waals surface area contributed by atoms with E-state index in [1.807, 2.05) is 0 Å². The summed E-state index contributed by atoms with van der Waals surface area (Å²) in [4.78, 5) is 0.800. The van der Waals surface area contributed by atoms with E-state index in [0.717, 1.165) is 12.8 Å². The minimum Gasteiger partial charge on any atom is -0.396 e. The molecule has 0 bridgehead atoms. The van der Waals surface area contributed by atoms with Gasteiger partial charge in [-0.15, -0.1) is 0 Å². The van der Waals surface area contributed by atoms with E-state index in [2.05, 4.69) is 38.8 Å². The first-order valence-corrected chi connectivity index (χ1v) is 10.2. The number of halogens is 2. The fraction of sp³-hybridized carbons (Fsp3) is 1.00. The molecule has 0 aromatic heterocycles. The molecule has 126 valence electrons. The van der Waals surface area contributed by atoms with Crippen LogP contribution in [0.1, 0.15) is 32.6 Å². The third kappa shape index (κ3) is 7.08.